The standard InChI is InChI=1S/C13H13ClN4O/c1-18-7-15-17-13(18)16-12(19)11-6-10(11)8-3-2-4-9(14)5-8/h2-5,7,10-11H,6H2,1H3,(H,16,17,19)/t10-,11-/m1/s1. The number of carbonyl (C=O) groups excluding carboxylic acids is 1. The molecule has 1 amide bonds. The number of carbonyl (C=O) groups is 1. The summed E-state index contributed by atoms with van der Waals surface area (Å²) in [5.74, 6) is 0.713. The smallest absolute Gasteiger partial charge is 0.230 e. The van der Waals surface area contributed by atoms with Gasteiger partial charge in [0, 0.05) is 18.0 Å². The first kappa shape index (κ1) is 12.2. The molecule has 6 heteroatoms. The van der Waals surface area contributed by atoms with Crippen molar-refractivity contribution in [2.45, 2.75) is 12.3 Å². The Morgan fingerprint density at radius 2 is 2.37 bits per heavy atom. The van der Waals surface area contributed by atoms with Crippen LogP contribution in [0.2, 0.25) is 5.02 Å². The zero-order chi connectivity index (χ0) is 13.4. The van der Waals surface area contributed by atoms with Crippen LogP contribution in [0.15, 0.2) is 30.6 Å². The fourth-order valence-corrected chi connectivity index (χ4v) is 2.39. The van der Waals surface area contributed by atoms with Crippen molar-refractivity contribution in [3.63, 3.8) is 0 Å². The Morgan fingerprint density at radius 3 is 3.05 bits per heavy atom. The second-order valence-corrected chi connectivity index (χ2v) is 5.19. The van der Waals surface area contributed by atoms with E-state index in [2.05, 4.69) is 15.5 Å². The highest BCUT2D eigenvalue weighted by atomic mass is 35.5. The number of benzene rings is 1. The Balaban J connectivity index is 1.66. The highest BCUT2D eigenvalue weighted by Crippen LogP contribution is 2.48. The molecule has 1 N–H and O–H groups in total. The Bertz CT molecular complexity index is 625. The minimum atomic E-state index is -0.0129. The van der Waals surface area contributed by atoms with Gasteiger partial charge >= 0.3 is 0 Å². The number of rotatable bonds is 3. The molecular weight excluding hydrogens is 264 g/mol. The number of nitrogens with zero attached hydrogens (tertiary/aromatic N) is 3. The summed E-state index contributed by atoms with van der Waals surface area (Å²) in [7, 11) is 1.79. The number of nitrogens with one attached hydrogen (secondary N) is 1. The van der Waals surface area contributed by atoms with Crippen molar-refractivity contribution in [1.82, 2.24) is 14.8 Å². The molecule has 0 saturated heterocycles. The van der Waals surface area contributed by atoms with Crippen molar-refractivity contribution in [2.24, 2.45) is 13.0 Å². The molecule has 0 unspecified atom stereocenters. The molecule has 0 aliphatic heterocycles. The van der Waals surface area contributed by atoms with Crippen molar-refractivity contribution in [2.75, 3.05) is 5.32 Å². The van der Waals surface area contributed by atoms with E-state index in [4.69, 9.17) is 11.6 Å². The normalized spacial score (nSPS) is 21.2. The fourth-order valence-electron chi connectivity index (χ4n) is 2.19. The van der Waals surface area contributed by atoms with E-state index in [1.165, 1.54) is 0 Å². The first-order valence-corrected chi connectivity index (χ1v) is 6.43. The number of aryl methyl sites for hydroxylation is 1. The highest BCUT2D eigenvalue weighted by Gasteiger charge is 2.44. The molecule has 2 atom stereocenters. The van der Waals surface area contributed by atoms with E-state index in [0.29, 0.717) is 11.0 Å². The van der Waals surface area contributed by atoms with Gasteiger partial charge in [0.2, 0.25) is 11.9 Å². The van der Waals surface area contributed by atoms with Crippen LogP contribution in [0.5, 0.6) is 0 Å². The Morgan fingerprint density at radius 1 is 1.53 bits per heavy atom. The summed E-state index contributed by atoms with van der Waals surface area (Å²) in [4.78, 5) is 12.1. The van der Waals surface area contributed by atoms with E-state index in [1.807, 2.05) is 24.3 Å². The van der Waals surface area contributed by atoms with Crippen LogP contribution in [-0.4, -0.2) is 20.7 Å². The third kappa shape index (κ3) is 2.46. The first-order valence-electron chi connectivity index (χ1n) is 6.05. The van der Waals surface area contributed by atoms with Gasteiger partial charge in [-0.2, -0.15) is 0 Å². The van der Waals surface area contributed by atoms with E-state index in [9.17, 15) is 4.79 Å². The van der Waals surface area contributed by atoms with Crippen molar-refractivity contribution in [3.05, 3.63) is 41.2 Å². The number of aromatic nitrogens is 3. The lowest BCUT2D eigenvalue weighted by Gasteiger charge is -2.04. The molecule has 3 rings (SSSR count). The largest absolute Gasteiger partial charge is 0.303 e. The monoisotopic (exact) mass is 276 g/mol. The number of hydrogen-bond acceptors (Lipinski definition) is 3. The number of halogens is 1. The highest BCUT2D eigenvalue weighted by molar-refractivity contribution is 6.30. The summed E-state index contributed by atoms with van der Waals surface area (Å²) >= 11 is 5.96. The van der Waals surface area contributed by atoms with Crippen molar-refractivity contribution in [1.29, 1.82) is 0 Å². The molecule has 1 aliphatic rings. The zero-order valence-electron chi connectivity index (χ0n) is 10.4. The molecule has 19 heavy (non-hydrogen) atoms. The van der Waals surface area contributed by atoms with E-state index >= 15 is 0 Å². The fraction of sp³-hybridized carbons (Fsp3) is 0.308. The van der Waals surface area contributed by atoms with Crippen molar-refractivity contribution >= 4 is 23.5 Å². The van der Waals surface area contributed by atoms with E-state index in [0.717, 1.165) is 12.0 Å². The molecule has 0 radical (unpaired) electrons. The van der Waals surface area contributed by atoms with Gasteiger partial charge in [-0.1, -0.05) is 23.7 Å². The van der Waals surface area contributed by atoms with Crippen molar-refractivity contribution in [3.8, 4) is 0 Å². The van der Waals surface area contributed by atoms with E-state index in [1.54, 1.807) is 17.9 Å². The van der Waals surface area contributed by atoms with Gasteiger partial charge in [-0.3, -0.25) is 10.1 Å². The number of hydrogen-bond donors (Lipinski definition) is 1. The molecule has 1 fully saturated rings. The average Bonchev–Trinajstić information content (AvgIpc) is 3.09. The van der Waals surface area contributed by atoms with Crippen LogP contribution in [-0.2, 0) is 11.8 Å². The second-order valence-electron chi connectivity index (χ2n) is 4.76. The summed E-state index contributed by atoms with van der Waals surface area (Å²) in [5, 5.41) is 11.1. The first-order chi connectivity index (χ1) is 9.15. The Kier molecular flexibility index (Phi) is 2.98. The summed E-state index contributed by atoms with van der Waals surface area (Å²) in [6.45, 7) is 0. The van der Waals surface area contributed by atoms with Crippen LogP contribution in [0.25, 0.3) is 0 Å². The van der Waals surface area contributed by atoms with Crippen LogP contribution >= 0.6 is 11.6 Å². The molecule has 1 heterocycles. The van der Waals surface area contributed by atoms with Crippen LogP contribution in [0.3, 0.4) is 0 Å². The maximum absolute atomic E-state index is 12.1. The number of anilines is 1. The molecule has 1 aromatic carbocycles. The average molecular weight is 277 g/mol. The molecule has 5 nitrogen and oxygen atoms in total. The van der Waals surface area contributed by atoms with E-state index in [-0.39, 0.29) is 17.7 Å². The lowest BCUT2D eigenvalue weighted by atomic mass is 10.1. The van der Waals surface area contributed by atoms with Crippen LogP contribution in [0, 0.1) is 5.92 Å². The predicted molar refractivity (Wildman–Crippen MR) is 71.9 cm³/mol. The lowest BCUT2D eigenvalue weighted by molar-refractivity contribution is -0.117. The van der Waals surface area contributed by atoms with Crippen molar-refractivity contribution < 1.29 is 4.79 Å². The molecule has 2 aromatic rings. The van der Waals surface area contributed by atoms with Crippen LogP contribution < -0.4 is 5.32 Å². The molecule has 0 bridgehead atoms. The van der Waals surface area contributed by atoms with Gasteiger partial charge in [0.05, 0.1) is 0 Å². The molecule has 0 spiro atoms. The Hall–Kier alpha value is -1.88. The van der Waals surface area contributed by atoms with Gasteiger partial charge in [0.1, 0.15) is 6.33 Å². The molecular formula is C13H13ClN4O. The third-order valence-electron chi connectivity index (χ3n) is 3.35. The third-order valence-corrected chi connectivity index (χ3v) is 3.59. The van der Waals surface area contributed by atoms with Crippen LogP contribution in [0.1, 0.15) is 17.9 Å². The van der Waals surface area contributed by atoms with Gasteiger partial charge in [-0.25, -0.2) is 0 Å². The summed E-state index contributed by atoms with van der Waals surface area (Å²) in [6.07, 6.45) is 2.40. The maximum Gasteiger partial charge on any atom is 0.230 e. The topological polar surface area (TPSA) is 59.8 Å². The summed E-state index contributed by atoms with van der Waals surface area (Å²) in [5.41, 5.74) is 1.12. The zero-order valence-corrected chi connectivity index (χ0v) is 11.1. The van der Waals surface area contributed by atoms with E-state index < -0.39 is 0 Å². The molecule has 1 aliphatic carbocycles. The second kappa shape index (κ2) is 4.66. The van der Waals surface area contributed by atoms with Crippen LogP contribution in [0.4, 0.5) is 5.95 Å². The quantitative estimate of drug-likeness (QED) is 0.935. The summed E-state index contributed by atoms with van der Waals surface area (Å²) in [6, 6.07) is 7.67. The van der Waals surface area contributed by atoms with Gasteiger partial charge in [-0.05, 0) is 30.0 Å². The van der Waals surface area contributed by atoms with Gasteiger partial charge in [-0.15, -0.1) is 10.2 Å². The van der Waals surface area contributed by atoms with Gasteiger partial charge in [0.15, 0.2) is 0 Å². The number of amides is 1. The van der Waals surface area contributed by atoms with Gasteiger partial charge < -0.3 is 4.57 Å². The lowest BCUT2D eigenvalue weighted by Crippen LogP contribution is -2.17. The minimum absolute atomic E-state index is 0.00448. The SMILES string of the molecule is Cn1cnnc1NC(=O)[C@@H]1C[C@@H]1c1cccc(Cl)c1. The predicted octanol–water partition coefficient (Wildman–Crippen LogP) is 2.21. The molecule has 98 valence electrons. The van der Waals surface area contributed by atoms with Gasteiger partial charge in [0.25, 0.3) is 0 Å². The Labute approximate surface area is 115 Å². The maximum atomic E-state index is 12.1. The minimum Gasteiger partial charge on any atom is -0.303 e. The molecule has 1 aromatic heterocycles. The molecule has 1 saturated carbocycles. The summed E-state index contributed by atoms with van der Waals surface area (Å²) < 4.78 is 1.68.